The number of aromatic nitrogens is 3. The van der Waals surface area contributed by atoms with Crippen molar-refractivity contribution in [1.29, 1.82) is 0 Å². The van der Waals surface area contributed by atoms with Crippen LogP contribution in [0.2, 0.25) is 0 Å². The van der Waals surface area contributed by atoms with E-state index >= 15 is 0 Å². The lowest BCUT2D eigenvalue weighted by atomic mass is 10.3. The number of benzene rings is 1. The molecule has 0 radical (unpaired) electrons. The van der Waals surface area contributed by atoms with Crippen molar-refractivity contribution >= 4 is 16.8 Å². The molecule has 2 aromatic heterocycles. The molecule has 0 N–H and O–H groups in total. The molecule has 0 aliphatic rings. The van der Waals surface area contributed by atoms with E-state index in [9.17, 15) is 0 Å². The smallest absolute Gasteiger partial charge is 0.222 e. The van der Waals surface area contributed by atoms with Crippen molar-refractivity contribution in [3.05, 3.63) is 42.7 Å². The Morgan fingerprint density at radius 3 is 2.81 bits per heavy atom. The van der Waals surface area contributed by atoms with Gasteiger partial charge in [0.05, 0.1) is 12.2 Å². The Labute approximate surface area is 94.0 Å². The summed E-state index contributed by atoms with van der Waals surface area (Å²) in [6.45, 7) is 4.36. The maximum absolute atomic E-state index is 4.47. The summed E-state index contributed by atoms with van der Waals surface area (Å²) in [6.07, 6.45) is 3.90. The van der Waals surface area contributed by atoms with Crippen LogP contribution in [0.3, 0.4) is 0 Å². The van der Waals surface area contributed by atoms with Gasteiger partial charge in [0.15, 0.2) is 0 Å². The molecule has 0 bridgehead atoms. The Kier molecular flexibility index (Phi) is 1.93. The SMILES string of the molecule is CC(C)[n+]1c2ccccc2n2cccnc21. The van der Waals surface area contributed by atoms with Gasteiger partial charge in [-0.3, -0.25) is 0 Å². The minimum Gasteiger partial charge on any atom is -0.222 e. The first kappa shape index (κ1) is 9.33. The standard InChI is InChI=1S/C13H14N3/c1-10(2)16-12-7-4-3-6-11(12)15-9-5-8-14-13(15)16/h3-10H,1-2H3/q+1. The molecule has 0 aliphatic carbocycles. The van der Waals surface area contributed by atoms with Gasteiger partial charge in [-0.2, -0.15) is 4.40 Å². The number of imidazole rings is 1. The zero-order valence-electron chi connectivity index (χ0n) is 9.46. The van der Waals surface area contributed by atoms with E-state index in [1.54, 1.807) is 0 Å². The lowest BCUT2D eigenvalue weighted by molar-refractivity contribution is -0.668. The molecule has 0 fully saturated rings. The van der Waals surface area contributed by atoms with Gasteiger partial charge in [0.25, 0.3) is 0 Å². The minimum absolute atomic E-state index is 0.407. The predicted octanol–water partition coefficient (Wildman–Crippen LogP) is 2.36. The second-order valence-corrected chi connectivity index (χ2v) is 4.24. The number of hydrogen-bond donors (Lipinski definition) is 0. The normalized spacial score (nSPS) is 11.7. The molecule has 0 saturated heterocycles. The molecule has 0 amide bonds. The fourth-order valence-electron chi connectivity index (χ4n) is 2.22. The van der Waals surface area contributed by atoms with E-state index < -0.39 is 0 Å². The van der Waals surface area contributed by atoms with Gasteiger partial charge in [0, 0.05) is 6.07 Å². The van der Waals surface area contributed by atoms with Crippen molar-refractivity contribution in [2.24, 2.45) is 0 Å². The van der Waals surface area contributed by atoms with Gasteiger partial charge >= 0.3 is 5.78 Å². The second-order valence-electron chi connectivity index (χ2n) is 4.24. The van der Waals surface area contributed by atoms with Gasteiger partial charge in [0.1, 0.15) is 17.2 Å². The van der Waals surface area contributed by atoms with Crippen molar-refractivity contribution in [3.8, 4) is 0 Å². The van der Waals surface area contributed by atoms with E-state index in [4.69, 9.17) is 0 Å². The predicted molar refractivity (Wildman–Crippen MR) is 63.3 cm³/mol. The fraction of sp³-hybridized carbons (Fsp3) is 0.231. The highest BCUT2D eigenvalue weighted by Crippen LogP contribution is 2.14. The van der Waals surface area contributed by atoms with E-state index in [0.29, 0.717) is 6.04 Å². The summed E-state index contributed by atoms with van der Waals surface area (Å²) in [5.41, 5.74) is 2.44. The van der Waals surface area contributed by atoms with Crippen LogP contribution in [0, 0.1) is 0 Å². The van der Waals surface area contributed by atoms with Gasteiger partial charge in [-0.05, 0) is 26.0 Å². The van der Waals surface area contributed by atoms with Crippen molar-refractivity contribution < 1.29 is 4.57 Å². The van der Waals surface area contributed by atoms with Crippen LogP contribution in [0.5, 0.6) is 0 Å². The number of para-hydroxylation sites is 2. The zero-order valence-corrected chi connectivity index (χ0v) is 9.46. The molecule has 0 aliphatic heterocycles. The largest absolute Gasteiger partial charge is 0.404 e. The van der Waals surface area contributed by atoms with Gasteiger partial charge in [-0.15, -0.1) is 0 Å². The monoisotopic (exact) mass is 212 g/mol. The summed E-state index contributed by atoms with van der Waals surface area (Å²) >= 11 is 0. The summed E-state index contributed by atoms with van der Waals surface area (Å²) < 4.78 is 4.39. The number of rotatable bonds is 1. The fourth-order valence-corrected chi connectivity index (χ4v) is 2.22. The summed E-state index contributed by atoms with van der Waals surface area (Å²) in [6, 6.07) is 10.8. The Balaban J connectivity index is 2.59. The van der Waals surface area contributed by atoms with Gasteiger partial charge in [-0.25, -0.2) is 4.57 Å². The van der Waals surface area contributed by atoms with Gasteiger partial charge < -0.3 is 0 Å². The zero-order chi connectivity index (χ0) is 11.1. The molecule has 2 heterocycles. The summed E-state index contributed by atoms with van der Waals surface area (Å²) in [7, 11) is 0. The highest BCUT2D eigenvalue weighted by atomic mass is 15.2. The third kappa shape index (κ3) is 1.14. The van der Waals surface area contributed by atoms with Crippen LogP contribution < -0.4 is 4.57 Å². The first-order chi connectivity index (χ1) is 7.79. The molecular formula is C13H14N3+. The van der Waals surface area contributed by atoms with E-state index in [1.807, 2.05) is 12.3 Å². The third-order valence-corrected chi connectivity index (χ3v) is 2.86. The van der Waals surface area contributed by atoms with Crippen molar-refractivity contribution in [2.45, 2.75) is 19.9 Å². The lowest BCUT2D eigenvalue weighted by Gasteiger charge is -2.01. The van der Waals surface area contributed by atoms with Crippen LogP contribution in [0.25, 0.3) is 16.8 Å². The summed E-state index contributed by atoms with van der Waals surface area (Å²) in [5, 5.41) is 0. The molecule has 3 rings (SSSR count). The third-order valence-electron chi connectivity index (χ3n) is 2.86. The van der Waals surface area contributed by atoms with Crippen molar-refractivity contribution in [2.75, 3.05) is 0 Å². The van der Waals surface area contributed by atoms with Crippen LogP contribution in [0.4, 0.5) is 0 Å². The highest BCUT2D eigenvalue weighted by molar-refractivity contribution is 5.74. The minimum atomic E-state index is 0.407. The Morgan fingerprint density at radius 1 is 1.19 bits per heavy atom. The first-order valence-electron chi connectivity index (χ1n) is 5.54. The molecule has 3 nitrogen and oxygen atoms in total. The maximum atomic E-state index is 4.47. The highest BCUT2D eigenvalue weighted by Gasteiger charge is 2.19. The number of nitrogens with zero attached hydrogens (tertiary/aromatic N) is 3. The van der Waals surface area contributed by atoms with E-state index in [0.717, 1.165) is 5.78 Å². The van der Waals surface area contributed by atoms with E-state index in [2.05, 4.69) is 58.3 Å². The number of fused-ring (bicyclic) bond motifs is 3. The molecule has 0 spiro atoms. The summed E-state index contributed by atoms with van der Waals surface area (Å²) in [5.74, 6) is 0.999. The lowest BCUT2D eigenvalue weighted by Crippen LogP contribution is -2.36. The van der Waals surface area contributed by atoms with Crippen LogP contribution in [0.15, 0.2) is 42.7 Å². The Bertz CT molecular complexity index is 599. The Hall–Kier alpha value is -1.90. The molecule has 0 atom stereocenters. The van der Waals surface area contributed by atoms with Gasteiger partial charge in [-0.1, -0.05) is 17.1 Å². The number of hydrogen-bond acceptors (Lipinski definition) is 1. The first-order valence-corrected chi connectivity index (χ1v) is 5.54. The van der Waals surface area contributed by atoms with Crippen molar-refractivity contribution in [1.82, 2.24) is 9.38 Å². The topological polar surface area (TPSA) is 21.2 Å². The quantitative estimate of drug-likeness (QED) is 0.567. The Morgan fingerprint density at radius 2 is 2.00 bits per heavy atom. The average molecular weight is 212 g/mol. The van der Waals surface area contributed by atoms with Crippen LogP contribution >= 0.6 is 0 Å². The molecule has 1 aromatic carbocycles. The molecule has 80 valence electrons. The maximum Gasteiger partial charge on any atom is 0.404 e. The van der Waals surface area contributed by atoms with Crippen molar-refractivity contribution in [3.63, 3.8) is 0 Å². The molecule has 3 aromatic rings. The molecule has 0 saturated carbocycles. The van der Waals surface area contributed by atoms with Crippen LogP contribution in [-0.2, 0) is 0 Å². The summed E-state index contributed by atoms with van der Waals surface area (Å²) in [4.78, 5) is 4.47. The molecule has 3 heteroatoms. The van der Waals surface area contributed by atoms with Crippen LogP contribution in [0.1, 0.15) is 19.9 Å². The second kappa shape index (κ2) is 3.30. The molecule has 0 unspecified atom stereocenters. The van der Waals surface area contributed by atoms with E-state index in [-0.39, 0.29) is 0 Å². The van der Waals surface area contributed by atoms with E-state index in [1.165, 1.54) is 11.0 Å². The van der Waals surface area contributed by atoms with Crippen LogP contribution in [-0.4, -0.2) is 9.38 Å². The molecular weight excluding hydrogens is 198 g/mol. The average Bonchev–Trinajstić information content (AvgIpc) is 2.63. The molecule has 16 heavy (non-hydrogen) atoms. The van der Waals surface area contributed by atoms with Gasteiger partial charge in [0.2, 0.25) is 0 Å².